The molecule has 1 saturated heterocycles. The third kappa shape index (κ3) is 4.16. The highest BCUT2D eigenvalue weighted by Crippen LogP contribution is 2.51. The molecule has 10 heteroatoms. The standard InChI is InChI=1S/C26H24Cl2N2O6/c1-33-20-12-22(35-3)18(10-16(20)27)29-25(32)26(15-8-6-5-7-9-15)14-24(31)30(26)19-11-17(28)21(34-2)13-23(19)36-4/h5-13H,14H2,1-4H3,(H,29,32). The van der Waals surface area contributed by atoms with Crippen molar-refractivity contribution in [3.8, 4) is 23.0 Å². The lowest BCUT2D eigenvalue weighted by molar-refractivity contribution is -0.137. The van der Waals surface area contributed by atoms with Gasteiger partial charge in [0, 0.05) is 12.1 Å². The summed E-state index contributed by atoms with van der Waals surface area (Å²) in [5, 5.41) is 3.44. The first-order valence-electron chi connectivity index (χ1n) is 10.8. The van der Waals surface area contributed by atoms with Gasteiger partial charge in [-0.1, -0.05) is 53.5 Å². The first-order chi connectivity index (χ1) is 17.3. The number of rotatable bonds is 8. The van der Waals surface area contributed by atoms with E-state index in [1.165, 1.54) is 39.4 Å². The summed E-state index contributed by atoms with van der Waals surface area (Å²) in [5.41, 5.74) is -0.142. The van der Waals surface area contributed by atoms with E-state index in [1.54, 1.807) is 42.5 Å². The van der Waals surface area contributed by atoms with E-state index in [4.69, 9.17) is 42.1 Å². The molecule has 188 valence electrons. The summed E-state index contributed by atoms with van der Waals surface area (Å²) in [4.78, 5) is 28.6. The van der Waals surface area contributed by atoms with Crippen LogP contribution in [0.4, 0.5) is 11.4 Å². The Hall–Kier alpha value is -3.62. The number of nitrogens with one attached hydrogen (secondary N) is 1. The van der Waals surface area contributed by atoms with Crippen molar-refractivity contribution in [2.75, 3.05) is 38.7 Å². The van der Waals surface area contributed by atoms with E-state index in [0.717, 1.165) is 0 Å². The van der Waals surface area contributed by atoms with Crippen LogP contribution in [0.25, 0.3) is 0 Å². The molecule has 0 radical (unpaired) electrons. The van der Waals surface area contributed by atoms with E-state index in [1.807, 2.05) is 6.07 Å². The largest absolute Gasteiger partial charge is 0.495 e. The third-order valence-electron chi connectivity index (χ3n) is 6.08. The molecule has 0 aliphatic carbocycles. The Kier molecular flexibility index (Phi) is 7.19. The molecule has 8 nitrogen and oxygen atoms in total. The molecule has 1 atom stereocenters. The maximum Gasteiger partial charge on any atom is 0.256 e. The lowest BCUT2D eigenvalue weighted by Gasteiger charge is -2.51. The predicted molar refractivity (Wildman–Crippen MR) is 138 cm³/mol. The summed E-state index contributed by atoms with van der Waals surface area (Å²) >= 11 is 12.7. The zero-order valence-corrected chi connectivity index (χ0v) is 21.6. The van der Waals surface area contributed by atoms with Crippen LogP contribution in [-0.2, 0) is 15.1 Å². The summed E-state index contributed by atoms with van der Waals surface area (Å²) in [7, 11) is 5.89. The summed E-state index contributed by atoms with van der Waals surface area (Å²) in [6, 6.07) is 15.2. The Morgan fingerprint density at radius 1 is 0.833 bits per heavy atom. The first-order valence-corrected chi connectivity index (χ1v) is 11.6. The Labute approximate surface area is 218 Å². The van der Waals surface area contributed by atoms with Gasteiger partial charge in [0.05, 0.1) is 56.3 Å². The van der Waals surface area contributed by atoms with Crippen LogP contribution >= 0.6 is 23.2 Å². The number of halogens is 2. The van der Waals surface area contributed by atoms with Gasteiger partial charge in [-0.2, -0.15) is 0 Å². The van der Waals surface area contributed by atoms with E-state index < -0.39 is 11.4 Å². The fraction of sp³-hybridized carbons (Fsp3) is 0.231. The summed E-state index contributed by atoms with van der Waals surface area (Å²) in [6.07, 6.45) is -0.0815. The van der Waals surface area contributed by atoms with Crippen molar-refractivity contribution in [3.05, 3.63) is 70.2 Å². The number of β-lactam (4-membered cyclic amide) rings is 1. The minimum Gasteiger partial charge on any atom is -0.495 e. The van der Waals surface area contributed by atoms with Gasteiger partial charge < -0.3 is 24.3 Å². The Bertz CT molecular complexity index is 1320. The zero-order valence-electron chi connectivity index (χ0n) is 20.1. The molecule has 3 aromatic rings. The second-order valence-corrected chi connectivity index (χ2v) is 8.75. The zero-order chi connectivity index (χ0) is 26.0. The van der Waals surface area contributed by atoms with E-state index in [2.05, 4.69) is 5.32 Å². The molecule has 3 aromatic carbocycles. The number of ether oxygens (including phenoxy) is 4. The number of methoxy groups -OCH3 is 4. The predicted octanol–water partition coefficient (Wildman–Crippen LogP) is 5.30. The molecule has 1 aliphatic heterocycles. The quantitative estimate of drug-likeness (QED) is 0.397. The average Bonchev–Trinajstić information content (AvgIpc) is 2.87. The van der Waals surface area contributed by atoms with Crippen LogP contribution in [0.15, 0.2) is 54.6 Å². The molecule has 1 heterocycles. The maximum absolute atomic E-state index is 14.1. The van der Waals surface area contributed by atoms with E-state index >= 15 is 0 Å². The van der Waals surface area contributed by atoms with Gasteiger partial charge in [0.2, 0.25) is 5.91 Å². The fourth-order valence-corrected chi connectivity index (χ4v) is 4.77. The Morgan fingerprint density at radius 3 is 1.94 bits per heavy atom. The molecule has 1 N–H and O–H groups in total. The van der Waals surface area contributed by atoms with Crippen LogP contribution in [0.2, 0.25) is 10.0 Å². The summed E-state index contributed by atoms with van der Waals surface area (Å²) in [6.45, 7) is 0. The number of carbonyl (C=O) groups excluding carboxylic acids is 2. The molecule has 0 aromatic heterocycles. The number of nitrogens with zero attached hydrogens (tertiary/aromatic N) is 1. The van der Waals surface area contributed by atoms with E-state index in [-0.39, 0.29) is 22.4 Å². The molecule has 0 bridgehead atoms. The normalized spacial score (nSPS) is 16.7. The number of amides is 2. The van der Waals surface area contributed by atoms with Crippen LogP contribution in [0.3, 0.4) is 0 Å². The van der Waals surface area contributed by atoms with Crippen molar-refractivity contribution in [1.29, 1.82) is 0 Å². The van der Waals surface area contributed by atoms with Crippen LogP contribution in [0.1, 0.15) is 12.0 Å². The van der Waals surface area contributed by atoms with Crippen LogP contribution in [-0.4, -0.2) is 40.3 Å². The highest BCUT2D eigenvalue weighted by Gasteiger charge is 2.59. The number of anilines is 2. The van der Waals surface area contributed by atoms with Crippen molar-refractivity contribution in [2.24, 2.45) is 0 Å². The number of carbonyl (C=O) groups is 2. The van der Waals surface area contributed by atoms with E-state index in [0.29, 0.717) is 39.9 Å². The lowest BCUT2D eigenvalue weighted by atomic mass is 9.76. The van der Waals surface area contributed by atoms with Crippen LogP contribution < -0.4 is 29.2 Å². The second kappa shape index (κ2) is 10.2. The number of hydrogen-bond acceptors (Lipinski definition) is 6. The highest BCUT2D eigenvalue weighted by molar-refractivity contribution is 6.33. The minimum absolute atomic E-state index is 0.0815. The summed E-state index contributed by atoms with van der Waals surface area (Å²) < 4.78 is 21.5. The molecular weight excluding hydrogens is 507 g/mol. The van der Waals surface area contributed by atoms with Gasteiger partial charge in [-0.3, -0.25) is 14.5 Å². The highest BCUT2D eigenvalue weighted by atomic mass is 35.5. The summed E-state index contributed by atoms with van der Waals surface area (Å²) in [5.74, 6) is 0.674. The van der Waals surface area contributed by atoms with Crippen molar-refractivity contribution in [2.45, 2.75) is 12.0 Å². The van der Waals surface area contributed by atoms with Crippen LogP contribution in [0.5, 0.6) is 23.0 Å². The van der Waals surface area contributed by atoms with Gasteiger partial charge >= 0.3 is 0 Å². The lowest BCUT2D eigenvalue weighted by Crippen LogP contribution is -2.67. The van der Waals surface area contributed by atoms with Gasteiger partial charge in [0.15, 0.2) is 5.54 Å². The molecule has 0 spiro atoms. The number of hydrogen-bond donors (Lipinski definition) is 1. The van der Waals surface area contributed by atoms with Gasteiger partial charge in [-0.05, 0) is 17.7 Å². The molecule has 2 amide bonds. The second-order valence-electron chi connectivity index (χ2n) is 7.93. The Morgan fingerprint density at radius 2 is 1.39 bits per heavy atom. The third-order valence-corrected chi connectivity index (χ3v) is 6.67. The maximum atomic E-state index is 14.1. The first kappa shape index (κ1) is 25.5. The minimum atomic E-state index is -1.40. The van der Waals surface area contributed by atoms with Crippen molar-refractivity contribution in [1.82, 2.24) is 0 Å². The van der Waals surface area contributed by atoms with Crippen LogP contribution in [0, 0.1) is 0 Å². The monoisotopic (exact) mass is 530 g/mol. The van der Waals surface area contributed by atoms with Gasteiger partial charge in [0.1, 0.15) is 23.0 Å². The number of benzene rings is 3. The van der Waals surface area contributed by atoms with Crippen molar-refractivity contribution < 1.29 is 28.5 Å². The van der Waals surface area contributed by atoms with Gasteiger partial charge in [-0.15, -0.1) is 0 Å². The molecule has 1 fully saturated rings. The topological polar surface area (TPSA) is 86.3 Å². The van der Waals surface area contributed by atoms with Gasteiger partial charge in [-0.25, -0.2) is 0 Å². The molecule has 4 rings (SSSR count). The van der Waals surface area contributed by atoms with E-state index in [9.17, 15) is 9.59 Å². The van der Waals surface area contributed by atoms with Crippen molar-refractivity contribution >= 4 is 46.4 Å². The molecule has 1 unspecified atom stereocenters. The molecule has 36 heavy (non-hydrogen) atoms. The SMILES string of the molecule is COc1cc(OC)c(NC(=O)C2(c3ccccc3)CC(=O)N2c2cc(Cl)c(OC)cc2OC)cc1Cl. The average molecular weight is 531 g/mol. The molecule has 0 saturated carbocycles. The molecule has 1 aliphatic rings. The smallest absolute Gasteiger partial charge is 0.256 e. The molecular formula is C26H24Cl2N2O6. The fourth-order valence-electron chi connectivity index (χ4n) is 4.30. The van der Waals surface area contributed by atoms with Crippen molar-refractivity contribution in [3.63, 3.8) is 0 Å². The van der Waals surface area contributed by atoms with Gasteiger partial charge in [0.25, 0.3) is 5.91 Å². The Balaban J connectivity index is 1.86.